The van der Waals surface area contributed by atoms with Crippen molar-refractivity contribution in [3.8, 4) is 0 Å². The molecule has 3 rings (SSSR count). The molecule has 0 saturated carbocycles. The molecule has 2 aromatic rings. The van der Waals surface area contributed by atoms with E-state index in [1.165, 1.54) is 0 Å². The summed E-state index contributed by atoms with van der Waals surface area (Å²) >= 11 is 0. The topological polar surface area (TPSA) is 49.4 Å². The van der Waals surface area contributed by atoms with Crippen molar-refractivity contribution in [3.05, 3.63) is 71.8 Å². The van der Waals surface area contributed by atoms with Crippen LogP contribution in [0, 0.1) is 0 Å². The summed E-state index contributed by atoms with van der Waals surface area (Å²) in [6, 6.07) is 18.7. The predicted molar refractivity (Wildman–Crippen MR) is 97.6 cm³/mol. The van der Waals surface area contributed by atoms with Crippen molar-refractivity contribution >= 4 is 11.8 Å². The van der Waals surface area contributed by atoms with Crippen LogP contribution >= 0.6 is 0 Å². The molecule has 1 saturated heterocycles. The van der Waals surface area contributed by atoms with Crippen LogP contribution in [-0.4, -0.2) is 22.3 Å². The van der Waals surface area contributed by atoms with Gasteiger partial charge in [0.1, 0.15) is 11.6 Å². The molecule has 1 fully saturated rings. The SMILES string of the molecule is CCC1(CC)NC(=O)C(c2ccccc2)N(Cc2ccccc2)C1=O. The Kier molecular flexibility index (Phi) is 4.88. The monoisotopic (exact) mass is 336 g/mol. The van der Waals surface area contributed by atoms with E-state index in [2.05, 4.69) is 5.32 Å². The average Bonchev–Trinajstić information content (AvgIpc) is 2.66. The maximum Gasteiger partial charge on any atom is 0.249 e. The smallest absolute Gasteiger partial charge is 0.249 e. The van der Waals surface area contributed by atoms with Gasteiger partial charge in [-0.1, -0.05) is 74.5 Å². The Morgan fingerprint density at radius 1 is 0.920 bits per heavy atom. The van der Waals surface area contributed by atoms with E-state index in [0.717, 1.165) is 11.1 Å². The van der Waals surface area contributed by atoms with Gasteiger partial charge in [0.25, 0.3) is 0 Å². The summed E-state index contributed by atoms with van der Waals surface area (Å²) in [5, 5.41) is 3.01. The molecular formula is C21H24N2O2. The molecule has 4 heteroatoms. The number of hydrogen-bond acceptors (Lipinski definition) is 2. The van der Waals surface area contributed by atoms with Gasteiger partial charge < -0.3 is 10.2 Å². The number of carbonyl (C=O) groups excluding carboxylic acids is 2. The lowest BCUT2D eigenvalue weighted by atomic mass is 9.85. The highest BCUT2D eigenvalue weighted by Gasteiger charge is 2.49. The Labute approximate surface area is 148 Å². The maximum absolute atomic E-state index is 13.4. The van der Waals surface area contributed by atoms with Crippen LogP contribution in [0.5, 0.6) is 0 Å². The van der Waals surface area contributed by atoms with E-state index in [9.17, 15) is 9.59 Å². The van der Waals surface area contributed by atoms with E-state index in [0.29, 0.717) is 19.4 Å². The zero-order valence-electron chi connectivity index (χ0n) is 14.7. The molecule has 0 aliphatic carbocycles. The minimum Gasteiger partial charge on any atom is -0.340 e. The minimum absolute atomic E-state index is 0.00481. The first-order chi connectivity index (χ1) is 12.1. The number of rotatable bonds is 5. The number of hydrogen-bond donors (Lipinski definition) is 1. The zero-order chi connectivity index (χ0) is 17.9. The molecule has 1 N–H and O–H groups in total. The summed E-state index contributed by atoms with van der Waals surface area (Å²) in [5.74, 6) is -0.111. The van der Waals surface area contributed by atoms with E-state index < -0.39 is 11.6 Å². The van der Waals surface area contributed by atoms with Gasteiger partial charge in [0.05, 0.1) is 0 Å². The van der Waals surface area contributed by atoms with Crippen molar-refractivity contribution in [2.75, 3.05) is 0 Å². The summed E-state index contributed by atoms with van der Waals surface area (Å²) in [7, 11) is 0. The minimum atomic E-state index is -0.808. The molecule has 1 aliphatic rings. The van der Waals surface area contributed by atoms with Crippen LogP contribution in [0.3, 0.4) is 0 Å². The number of benzene rings is 2. The second-order valence-corrected chi connectivity index (χ2v) is 6.51. The summed E-state index contributed by atoms with van der Waals surface area (Å²) in [4.78, 5) is 28.1. The third-order valence-electron chi connectivity index (χ3n) is 5.11. The maximum atomic E-state index is 13.4. The quantitative estimate of drug-likeness (QED) is 0.909. The summed E-state index contributed by atoms with van der Waals surface area (Å²) in [6.07, 6.45) is 1.17. The molecular weight excluding hydrogens is 312 g/mol. The van der Waals surface area contributed by atoms with E-state index in [1.807, 2.05) is 74.5 Å². The third kappa shape index (κ3) is 3.16. The first-order valence-electron chi connectivity index (χ1n) is 8.83. The van der Waals surface area contributed by atoms with Crippen molar-refractivity contribution < 1.29 is 9.59 Å². The Bertz CT molecular complexity index is 739. The van der Waals surface area contributed by atoms with Crippen LogP contribution in [0.25, 0.3) is 0 Å². The van der Waals surface area contributed by atoms with Crippen LogP contribution in [0.4, 0.5) is 0 Å². The molecule has 0 aromatic heterocycles. The fourth-order valence-corrected chi connectivity index (χ4v) is 3.53. The van der Waals surface area contributed by atoms with Crippen LogP contribution in [0.15, 0.2) is 60.7 Å². The summed E-state index contributed by atoms with van der Waals surface area (Å²) in [5.41, 5.74) is 1.05. The van der Waals surface area contributed by atoms with Gasteiger partial charge in [-0.05, 0) is 24.0 Å². The average molecular weight is 336 g/mol. The molecule has 0 radical (unpaired) electrons. The van der Waals surface area contributed by atoms with E-state index in [-0.39, 0.29) is 11.8 Å². The lowest BCUT2D eigenvalue weighted by Crippen LogP contribution is -2.66. The normalized spacial score (nSPS) is 19.6. The molecule has 1 heterocycles. The zero-order valence-corrected chi connectivity index (χ0v) is 14.7. The highest BCUT2D eigenvalue weighted by molar-refractivity contribution is 6.00. The molecule has 1 unspecified atom stereocenters. The molecule has 4 nitrogen and oxygen atoms in total. The largest absolute Gasteiger partial charge is 0.340 e. The van der Waals surface area contributed by atoms with Gasteiger partial charge in [0.2, 0.25) is 11.8 Å². The lowest BCUT2D eigenvalue weighted by molar-refractivity contribution is -0.156. The van der Waals surface area contributed by atoms with Gasteiger partial charge in [-0.25, -0.2) is 0 Å². The van der Waals surface area contributed by atoms with Crippen LogP contribution in [0.2, 0.25) is 0 Å². The first-order valence-corrected chi connectivity index (χ1v) is 8.83. The van der Waals surface area contributed by atoms with Crippen molar-refractivity contribution in [1.29, 1.82) is 0 Å². The Hall–Kier alpha value is -2.62. The standard InChI is InChI=1S/C21H24N2O2/c1-3-21(4-2)20(25)23(15-16-11-7-5-8-12-16)18(19(24)22-21)17-13-9-6-10-14-17/h5-14,18H,3-4,15H2,1-2H3,(H,22,24). The molecule has 25 heavy (non-hydrogen) atoms. The lowest BCUT2D eigenvalue weighted by Gasteiger charge is -2.45. The summed E-state index contributed by atoms with van der Waals surface area (Å²) in [6.45, 7) is 4.32. The van der Waals surface area contributed by atoms with Gasteiger partial charge in [-0.15, -0.1) is 0 Å². The highest BCUT2D eigenvalue weighted by atomic mass is 16.2. The highest BCUT2D eigenvalue weighted by Crippen LogP contribution is 2.33. The Morgan fingerprint density at radius 3 is 2.04 bits per heavy atom. The third-order valence-corrected chi connectivity index (χ3v) is 5.11. The summed E-state index contributed by atoms with van der Waals surface area (Å²) < 4.78 is 0. The van der Waals surface area contributed by atoms with E-state index in [1.54, 1.807) is 4.90 Å². The predicted octanol–water partition coefficient (Wildman–Crippen LogP) is 3.45. The fraction of sp³-hybridized carbons (Fsp3) is 0.333. The number of nitrogens with zero attached hydrogens (tertiary/aromatic N) is 1. The Morgan fingerprint density at radius 2 is 1.48 bits per heavy atom. The van der Waals surface area contributed by atoms with Crippen molar-refractivity contribution in [3.63, 3.8) is 0 Å². The van der Waals surface area contributed by atoms with Crippen molar-refractivity contribution in [2.45, 2.75) is 44.8 Å². The van der Waals surface area contributed by atoms with Crippen molar-refractivity contribution in [2.24, 2.45) is 0 Å². The number of carbonyl (C=O) groups is 2. The van der Waals surface area contributed by atoms with Gasteiger partial charge in [0.15, 0.2) is 0 Å². The van der Waals surface area contributed by atoms with Gasteiger partial charge in [-0.2, -0.15) is 0 Å². The van der Waals surface area contributed by atoms with Crippen LogP contribution < -0.4 is 5.32 Å². The second kappa shape index (κ2) is 7.09. The van der Waals surface area contributed by atoms with E-state index in [4.69, 9.17) is 0 Å². The molecule has 1 atom stereocenters. The van der Waals surface area contributed by atoms with Gasteiger partial charge >= 0.3 is 0 Å². The van der Waals surface area contributed by atoms with Gasteiger partial charge in [-0.3, -0.25) is 9.59 Å². The molecule has 2 aromatic carbocycles. The van der Waals surface area contributed by atoms with Crippen LogP contribution in [-0.2, 0) is 16.1 Å². The number of nitrogens with one attached hydrogen (secondary N) is 1. The van der Waals surface area contributed by atoms with Crippen molar-refractivity contribution in [1.82, 2.24) is 10.2 Å². The first kappa shape index (κ1) is 17.2. The molecule has 2 amide bonds. The number of piperazine rings is 1. The Balaban J connectivity index is 2.03. The second-order valence-electron chi connectivity index (χ2n) is 6.51. The van der Waals surface area contributed by atoms with Gasteiger partial charge in [0, 0.05) is 6.54 Å². The molecule has 0 bridgehead atoms. The van der Waals surface area contributed by atoms with Crippen LogP contribution in [0.1, 0.15) is 43.9 Å². The molecule has 130 valence electrons. The molecule has 0 spiro atoms. The number of amides is 2. The van der Waals surface area contributed by atoms with E-state index >= 15 is 0 Å². The fourth-order valence-electron chi connectivity index (χ4n) is 3.53. The molecule has 1 aliphatic heterocycles.